The second-order valence-electron chi connectivity index (χ2n) is 4.20. The molecule has 0 radical (unpaired) electrons. The first-order valence-electron chi connectivity index (χ1n) is 5.67. The molecule has 1 unspecified atom stereocenters. The Kier molecular flexibility index (Phi) is 5.12. The van der Waals surface area contributed by atoms with Gasteiger partial charge in [0.25, 0.3) is 0 Å². The van der Waals surface area contributed by atoms with E-state index in [2.05, 4.69) is 5.32 Å². The van der Waals surface area contributed by atoms with Gasteiger partial charge >= 0.3 is 0 Å². The molecule has 0 bridgehead atoms. The van der Waals surface area contributed by atoms with Crippen molar-refractivity contribution in [2.75, 3.05) is 19.0 Å². The molecular formula is C13H20N2O2. The van der Waals surface area contributed by atoms with Crippen LogP contribution >= 0.6 is 0 Å². The highest BCUT2D eigenvalue weighted by molar-refractivity contribution is 5.95. The van der Waals surface area contributed by atoms with Gasteiger partial charge in [0.15, 0.2) is 0 Å². The maximum atomic E-state index is 11.8. The lowest BCUT2D eigenvalue weighted by atomic mass is 10.1. The number of methoxy groups -OCH3 is 1. The van der Waals surface area contributed by atoms with Crippen LogP contribution in [-0.4, -0.2) is 25.7 Å². The molecule has 1 amide bonds. The number of nitrogens with two attached hydrogens (primary N) is 1. The quantitative estimate of drug-likeness (QED) is 0.816. The summed E-state index contributed by atoms with van der Waals surface area (Å²) in [6, 6.07) is 5.40. The van der Waals surface area contributed by atoms with Crippen LogP contribution in [0, 0.1) is 13.8 Å². The summed E-state index contributed by atoms with van der Waals surface area (Å²) in [6.07, 6.45) is 0.521. The Morgan fingerprint density at radius 2 is 2.18 bits per heavy atom. The fourth-order valence-electron chi connectivity index (χ4n) is 1.47. The number of anilines is 1. The third-order valence-corrected chi connectivity index (χ3v) is 2.62. The highest BCUT2D eigenvalue weighted by Gasteiger charge is 2.13. The SMILES string of the molecule is COCCC(N)C(=O)Nc1cc(C)ccc1C. The van der Waals surface area contributed by atoms with Crippen LogP contribution in [0.15, 0.2) is 18.2 Å². The topological polar surface area (TPSA) is 64.3 Å². The average molecular weight is 236 g/mol. The Hall–Kier alpha value is -1.39. The molecule has 4 heteroatoms. The van der Waals surface area contributed by atoms with Gasteiger partial charge in [-0.2, -0.15) is 0 Å². The van der Waals surface area contributed by atoms with Gasteiger partial charge in [0.05, 0.1) is 6.04 Å². The van der Waals surface area contributed by atoms with E-state index in [0.717, 1.165) is 16.8 Å². The highest BCUT2D eigenvalue weighted by Crippen LogP contribution is 2.16. The van der Waals surface area contributed by atoms with Gasteiger partial charge in [-0.3, -0.25) is 4.79 Å². The van der Waals surface area contributed by atoms with Crippen molar-refractivity contribution in [2.45, 2.75) is 26.3 Å². The zero-order valence-corrected chi connectivity index (χ0v) is 10.6. The second kappa shape index (κ2) is 6.37. The third-order valence-electron chi connectivity index (χ3n) is 2.62. The van der Waals surface area contributed by atoms with Crippen LogP contribution in [0.4, 0.5) is 5.69 Å². The average Bonchev–Trinajstić information content (AvgIpc) is 2.30. The third kappa shape index (κ3) is 4.17. The van der Waals surface area contributed by atoms with Gasteiger partial charge < -0.3 is 15.8 Å². The number of benzene rings is 1. The van der Waals surface area contributed by atoms with Gasteiger partial charge in [-0.25, -0.2) is 0 Å². The molecule has 17 heavy (non-hydrogen) atoms. The summed E-state index contributed by atoms with van der Waals surface area (Å²) in [4.78, 5) is 11.8. The van der Waals surface area contributed by atoms with Gasteiger partial charge in [0.2, 0.25) is 5.91 Å². The molecule has 0 saturated carbocycles. The molecule has 0 aromatic heterocycles. The summed E-state index contributed by atoms with van der Waals surface area (Å²) >= 11 is 0. The number of carbonyl (C=O) groups excluding carboxylic acids is 1. The van der Waals surface area contributed by atoms with Gasteiger partial charge in [0.1, 0.15) is 0 Å². The smallest absolute Gasteiger partial charge is 0.241 e. The molecule has 0 aliphatic rings. The Balaban J connectivity index is 2.64. The maximum absolute atomic E-state index is 11.8. The molecule has 1 rings (SSSR count). The molecule has 1 atom stereocenters. The Labute approximate surface area is 102 Å². The van der Waals surface area contributed by atoms with E-state index in [4.69, 9.17) is 10.5 Å². The van der Waals surface area contributed by atoms with Gasteiger partial charge in [-0.1, -0.05) is 12.1 Å². The minimum Gasteiger partial charge on any atom is -0.385 e. The van der Waals surface area contributed by atoms with Crippen molar-refractivity contribution in [3.63, 3.8) is 0 Å². The molecule has 0 aliphatic heterocycles. The molecular weight excluding hydrogens is 216 g/mol. The largest absolute Gasteiger partial charge is 0.385 e. The van der Waals surface area contributed by atoms with E-state index >= 15 is 0 Å². The van der Waals surface area contributed by atoms with Crippen LogP contribution in [0.1, 0.15) is 17.5 Å². The zero-order valence-electron chi connectivity index (χ0n) is 10.6. The Morgan fingerprint density at radius 1 is 1.47 bits per heavy atom. The predicted octanol–water partition coefficient (Wildman–Crippen LogP) is 1.61. The van der Waals surface area contributed by atoms with E-state index in [1.165, 1.54) is 0 Å². The Morgan fingerprint density at radius 3 is 2.82 bits per heavy atom. The standard InChI is InChI=1S/C13H20N2O2/c1-9-4-5-10(2)12(8-9)15-13(16)11(14)6-7-17-3/h4-5,8,11H,6-7,14H2,1-3H3,(H,15,16). The predicted molar refractivity (Wildman–Crippen MR) is 69.0 cm³/mol. The molecule has 94 valence electrons. The number of amides is 1. The van der Waals surface area contributed by atoms with Crippen molar-refractivity contribution in [2.24, 2.45) is 5.73 Å². The lowest BCUT2D eigenvalue weighted by Crippen LogP contribution is -2.36. The molecule has 0 heterocycles. The first-order chi connectivity index (χ1) is 8.04. The number of carbonyl (C=O) groups is 1. The lowest BCUT2D eigenvalue weighted by Gasteiger charge is -2.13. The van der Waals surface area contributed by atoms with Crippen molar-refractivity contribution >= 4 is 11.6 Å². The molecule has 0 saturated heterocycles. The number of hydrogen-bond acceptors (Lipinski definition) is 3. The molecule has 0 aliphatic carbocycles. The summed E-state index contributed by atoms with van der Waals surface area (Å²) in [6.45, 7) is 4.43. The normalized spacial score (nSPS) is 12.2. The van der Waals surface area contributed by atoms with Gasteiger partial charge in [0, 0.05) is 19.4 Å². The Bertz CT molecular complexity index is 391. The summed E-state index contributed by atoms with van der Waals surface area (Å²) in [5.74, 6) is -0.171. The number of aryl methyl sites for hydroxylation is 2. The summed E-state index contributed by atoms with van der Waals surface area (Å²) < 4.78 is 4.90. The van der Waals surface area contributed by atoms with Crippen LogP contribution in [0.2, 0.25) is 0 Å². The van der Waals surface area contributed by atoms with Crippen molar-refractivity contribution in [3.8, 4) is 0 Å². The van der Waals surface area contributed by atoms with E-state index in [9.17, 15) is 4.79 Å². The fraction of sp³-hybridized carbons (Fsp3) is 0.462. The maximum Gasteiger partial charge on any atom is 0.241 e. The van der Waals surface area contributed by atoms with Crippen molar-refractivity contribution in [1.29, 1.82) is 0 Å². The molecule has 3 N–H and O–H groups in total. The molecule has 4 nitrogen and oxygen atoms in total. The molecule has 1 aromatic carbocycles. The van der Waals surface area contributed by atoms with E-state index in [1.54, 1.807) is 7.11 Å². The minimum atomic E-state index is -0.533. The van der Waals surface area contributed by atoms with Crippen LogP contribution in [0.3, 0.4) is 0 Å². The number of nitrogens with one attached hydrogen (secondary N) is 1. The van der Waals surface area contributed by atoms with E-state index in [0.29, 0.717) is 13.0 Å². The van der Waals surface area contributed by atoms with Gasteiger partial charge in [-0.05, 0) is 37.5 Å². The summed E-state index contributed by atoms with van der Waals surface area (Å²) in [7, 11) is 1.59. The van der Waals surface area contributed by atoms with E-state index in [1.807, 2.05) is 32.0 Å². The number of hydrogen-bond donors (Lipinski definition) is 2. The summed E-state index contributed by atoms with van der Waals surface area (Å²) in [5, 5.41) is 2.84. The van der Waals surface area contributed by atoms with Crippen molar-refractivity contribution in [1.82, 2.24) is 0 Å². The molecule has 0 spiro atoms. The molecule has 1 aromatic rings. The van der Waals surface area contributed by atoms with Crippen LogP contribution < -0.4 is 11.1 Å². The second-order valence-corrected chi connectivity index (χ2v) is 4.20. The van der Waals surface area contributed by atoms with Crippen molar-refractivity contribution < 1.29 is 9.53 Å². The van der Waals surface area contributed by atoms with E-state index in [-0.39, 0.29) is 5.91 Å². The first kappa shape index (κ1) is 13.7. The summed E-state index contributed by atoms with van der Waals surface area (Å²) in [5.41, 5.74) is 8.71. The van der Waals surface area contributed by atoms with Crippen LogP contribution in [0.25, 0.3) is 0 Å². The van der Waals surface area contributed by atoms with Crippen LogP contribution in [-0.2, 0) is 9.53 Å². The van der Waals surface area contributed by atoms with Crippen molar-refractivity contribution in [3.05, 3.63) is 29.3 Å². The number of rotatable bonds is 5. The minimum absolute atomic E-state index is 0.171. The van der Waals surface area contributed by atoms with E-state index < -0.39 is 6.04 Å². The fourth-order valence-corrected chi connectivity index (χ4v) is 1.47. The number of ether oxygens (including phenoxy) is 1. The first-order valence-corrected chi connectivity index (χ1v) is 5.67. The highest BCUT2D eigenvalue weighted by atomic mass is 16.5. The zero-order chi connectivity index (χ0) is 12.8. The lowest BCUT2D eigenvalue weighted by molar-refractivity contribution is -0.117. The van der Waals surface area contributed by atoms with Crippen LogP contribution in [0.5, 0.6) is 0 Å². The van der Waals surface area contributed by atoms with Gasteiger partial charge in [-0.15, -0.1) is 0 Å². The molecule has 0 fully saturated rings. The monoisotopic (exact) mass is 236 g/mol.